The van der Waals surface area contributed by atoms with E-state index in [-0.39, 0.29) is 25.3 Å². The highest BCUT2D eigenvalue weighted by atomic mass is 32.2. The molecule has 1 heterocycles. The predicted octanol–water partition coefficient (Wildman–Crippen LogP) is 1.76. The molecule has 0 aromatic heterocycles. The zero-order valence-electron chi connectivity index (χ0n) is 10.6. The fourth-order valence-electron chi connectivity index (χ4n) is 2.19. The summed E-state index contributed by atoms with van der Waals surface area (Å²) in [7, 11) is -4.19. The number of nitrogens with zero attached hydrogens (tertiary/aromatic N) is 1. The molecule has 0 bridgehead atoms. The lowest BCUT2D eigenvalue weighted by atomic mass is 10.3. The summed E-state index contributed by atoms with van der Waals surface area (Å²) in [5, 5.41) is 0. The minimum atomic E-state index is -4.19. The van der Waals surface area contributed by atoms with Crippen LogP contribution in [0.1, 0.15) is 13.8 Å². The molecule has 0 radical (unpaired) electrons. The van der Waals surface area contributed by atoms with Crippen molar-refractivity contribution in [3.05, 3.63) is 29.8 Å². The van der Waals surface area contributed by atoms with Gasteiger partial charge in [-0.2, -0.15) is 4.31 Å². The van der Waals surface area contributed by atoms with Gasteiger partial charge in [0.15, 0.2) is 4.90 Å². The summed E-state index contributed by atoms with van der Waals surface area (Å²) in [5.41, 5.74) is 0. The Morgan fingerprint density at radius 1 is 1.16 bits per heavy atom. The molecule has 2 unspecified atom stereocenters. The predicted molar refractivity (Wildman–Crippen MR) is 65.1 cm³/mol. The Hall–Kier alpha value is -1.05. The van der Waals surface area contributed by atoms with Crippen molar-refractivity contribution in [1.29, 1.82) is 0 Å². The van der Waals surface area contributed by atoms with Crippen LogP contribution in [-0.2, 0) is 14.8 Å². The number of ether oxygens (including phenoxy) is 1. The van der Waals surface area contributed by atoms with Gasteiger partial charge in [0.05, 0.1) is 12.2 Å². The fraction of sp³-hybridized carbons (Fsp3) is 0.500. The molecule has 0 aliphatic carbocycles. The molecule has 106 valence electrons. The summed E-state index contributed by atoms with van der Waals surface area (Å²) >= 11 is 0. The molecule has 4 nitrogen and oxygen atoms in total. The molecule has 0 saturated carbocycles. The number of benzene rings is 1. The molecule has 19 heavy (non-hydrogen) atoms. The third-order valence-electron chi connectivity index (χ3n) is 2.90. The van der Waals surface area contributed by atoms with Crippen LogP contribution >= 0.6 is 0 Å². The maximum Gasteiger partial charge on any atom is 0.249 e. The lowest BCUT2D eigenvalue weighted by Gasteiger charge is -2.34. The lowest BCUT2D eigenvalue weighted by Crippen LogP contribution is -2.48. The van der Waals surface area contributed by atoms with Gasteiger partial charge in [0, 0.05) is 13.1 Å². The Kier molecular flexibility index (Phi) is 3.89. The van der Waals surface area contributed by atoms with Crippen molar-refractivity contribution < 1.29 is 21.9 Å². The molecule has 1 saturated heterocycles. The van der Waals surface area contributed by atoms with Gasteiger partial charge < -0.3 is 4.74 Å². The standard InChI is InChI=1S/C12H15F2NO3S/c1-8-6-15(7-9(2)18-8)19(16,17)12-10(13)4-3-5-11(12)14/h3-5,8-9H,6-7H2,1-2H3. The second-order valence-electron chi connectivity index (χ2n) is 4.63. The van der Waals surface area contributed by atoms with Gasteiger partial charge in [-0.05, 0) is 26.0 Å². The van der Waals surface area contributed by atoms with Crippen molar-refractivity contribution in [3.63, 3.8) is 0 Å². The van der Waals surface area contributed by atoms with E-state index in [9.17, 15) is 17.2 Å². The zero-order chi connectivity index (χ0) is 14.2. The normalized spacial score (nSPS) is 25.5. The fourth-order valence-corrected chi connectivity index (χ4v) is 3.88. The van der Waals surface area contributed by atoms with Gasteiger partial charge in [-0.1, -0.05) is 6.07 Å². The number of hydrogen-bond donors (Lipinski definition) is 0. The molecule has 0 N–H and O–H groups in total. The topological polar surface area (TPSA) is 46.6 Å². The summed E-state index contributed by atoms with van der Waals surface area (Å²) in [5.74, 6) is -2.15. The highest BCUT2D eigenvalue weighted by Crippen LogP contribution is 2.25. The van der Waals surface area contributed by atoms with Crippen LogP contribution in [0.25, 0.3) is 0 Å². The van der Waals surface area contributed by atoms with Crippen molar-refractivity contribution in [1.82, 2.24) is 4.31 Å². The highest BCUT2D eigenvalue weighted by Gasteiger charge is 2.35. The Balaban J connectivity index is 2.42. The van der Waals surface area contributed by atoms with Crippen molar-refractivity contribution in [2.24, 2.45) is 0 Å². The summed E-state index contributed by atoms with van der Waals surface area (Å²) in [4.78, 5) is -0.892. The van der Waals surface area contributed by atoms with Crippen LogP contribution < -0.4 is 0 Å². The average molecular weight is 291 g/mol. The van der Waals surface area contributed by atoms with Crippen LogP contribution in [0.3, 0.4) is 0 Å². The Labute approximate surface area is 111 Å². The highest BCUT2D eigenvalue weighted by molar-refractivity contribution is 7.89. The SMILES string of the molecule is CC1CN(S(=O)(=O)c2c(F)cccc2F)CC(C)O1. The number of sulfonamides is 1. The van der Waals surface area contributed by atoms with Crippen LogP contribution in [0.15, 0.2) is 23.1 Å². The maximum absolute atomic E-state index is 13.6. The van der Waals surface area contributed by atoms with Crippen LogP contribution in [0.4, 0.5) is 8.78 Å². The first-order chi connectivity index (χ1) is 8.82. The molecule has 0 amide bonds. The summed E-state index contributed by atoms with van der Waals surface area (Å²) < 4.78 is 58.3. The average Bonchev–Trinajstić information content (AvgIpc) is 2.26. The Morgan fingerprint density at radius 3 is 2.11 bits per heavy atom. The lowest BCUT2D eigenvalue weighted by molar-refractivity contribution is -0.0441. The van der Waals surface area contributed by atoms with E-state index in [1.54, 1.807) is 13.8 Å². The largest absolute Gasteiger partial charge is 0.373 e. The van der Waals surface area contributed by atoms with E-state index in [0.29, 0.717) is 0 Å². The Bertz CT molecular complexity index is 546. The van der Waals surface area contributed by atoms with E-state index in [4.69, 9.17) is 4.74 Å². The quantitative estimate of drug-likeness (QED) is 0.834. The molecule has 7 heteroatoms. The molecule has 0 spiro atoms. The van der Waals surface area contributed by atoms with Crippen LogP contribution in [-0.4, -0.2) is 38.0 Å². The van der Waals surface area contributed by atoms with Gasteiger partial charge in [0.25, 0.3) is 0 Å². The molecule has 2 atom stereocenters. The van der Waals surface area contributed by atoms with Gasteiger partial charge in [-0.3, -0.25) is 0 Å². The number of rotatable bonds is 2. The Morgan fingerprint density at radius 2 is 1.63 bits per heavy atom. The smallest absolute Gasteiger partial charge is 0.249 e. The van der Waals surface area contributed by atoms with Gasteiger partial charge in [-0.25, -0.2) is 17.2 Å². The van der Waals surface area contributed by atoms with E-state index in [2.05, 4.69) is 0 Å². The van der Waals surface area contributed by atoms with Gasteiger partial charge in [0.1, 0.15) is 11.6 Å². The summed E-state index contributed by atoms with van der Waals surface area (Å²) in [6.45, 7) is 3.60. The number of morpholine rings is 1. The second-order valence-corrected chi connectivity index (χ2v) is 6.50. The molecule has 1 aliphatic heterocycles. The number of hydrogen-bond acceptors (Lipinski definition) is 3. The van der Waals surface area contributed by atoms with Crippen LogP contribution in [0.5, 0.6) is 0 Å². The minimum absolute atomic E-state index is 0.0838. The van der Waals surface area contributed by atoms with Crippen LogP contribution in [0, 0.1) is 11.6 Å². The molecular weight excluding hydrogens is 276 g/mol. The first kappa shape index (κ1) is 14.4. The molecule has 1 aliphatic rings. The summed E-state index contributed by atoms with van der Waals surface area (Å²) in [6, 6.07) is 3.00. The molecule has 2 rings (SSSR count). The monoisotopic (exact) mass is 291 g/mol. The first-order valence-corrected chi connectivity index (χ1v) is 7.36. The molecule has 1 aromatic carbocycles. The van der Waals surface area contributed by atoms with Gasteiger partial charge in [0.2, 0.25) is 10.0 Å². The first-order valence-electron chi connectivity index (χ1n) is 5.92. The second kappa shape index (κ2) is 5.15. The van der Waals surface area contributed by atoms with E-state index in [0.717, 1.165) is 22.5 Å². The van der Waals surface area contributed by atoms with Crippen molar-refractivity contribution in [2.75, 3.05) is 13.1 Å². The number of halogens is 2. The minimum Gasteiger partial charge on any atom is -0.373 e. The molecule has 1 fully saturated rings. The summed E-state index contributed by atoms with van der Waals surface area (Å²) in [6.07, 6.45) is -0.623. The van der Waals surface area contributed by atoms with E-state index in [1.165, 1.54) is 0 Å². The van der Waals surface area contributed by atoms with Gasteiger partial charge >= 0.3 is 0 Å². The zero-order valence-corrected chi connectivity index (χ0v) is 11.5. The third kappa shape index (κ3) is 2.77. The third-order valence-corrected chi connectivity index (χ3v) is 4.79. The van der Waals surface area contributed by atoms with E-state index < -0.39 is 26.6 Å². The van der Waals surface area contributed by atoms with E-state index in [1.807, 2.05) is 0 Å². The van der Waals surface area contributed by atoms with Crippen molar-refractivity contribution in [3.8, 4) is 0 Å². The van der Waals surface area contributed by atoms with Gasteiger partial charge in [-0.15, -0.1) is 0 Å². The van der Waals surface area contributed by atoms with Crippen LogP contribution in [0.2, 0.25) is 0 Å². The molecule has 1 aromatic rings. The van der Waals surface area contributed by atoms with Crippen molar-refractivity contribution >= 4 is 10.0 Å². The molecular formula is C12H15F2NO3S. The van der Waals surface area contributed by atoms with Crippen molar-refractivity contribution in [2.45, 2.75) is 31.0 Å². The maximum atomic E-state index is 13.6. The van der Waals surface area contributed by atoms with E-state index >= 15 is 0 Å².